The van der Waals surface area contributed by atoms with Crippen LogP contribution in [0.2, 0.25) is 0 Å². The summed E-state index contributed by atoms with van der Waals surface area (Å²) in [5, 5.41) is 50.1. The van der Waals surface area contributed by atoms with Gasteiger partial charge in [0, 0.05) is 102 Å². The molecule has 12 aromatic heterocycles. The van der Waals surface area contributed by atoms with Crippen molar-refractivity contribution >= 4 is 93.1 Å². The molecule has 2 aliphatic heterocycles. The van der Waals surface area contributed by atoms with Crippen molar-refractivity contribution in [2.24, 2.45) is 10.2 Å². The quantitative estimate of drug-likeness (QED) is 0.0233. The Labute approximate surface area is 648 Å². The molecule has 0 aliphatic carbocycles. The summed E-state index contributed by atoms with van der Waals surface area (Å²) in [7, 11) is 3.23. The van der Waals surface area contributed by atoms with E-state index in [1.54, 1.807) is 103 Å². The summed E-state index contributed by atoms with van der Waals surface area (Å²) in [6.07, 6.45) is 36.1. The van der Waals surface area contributed by atoms with E-state index in [1.165, 1.54) is 30.7 Å². The molecular formula is C81H86N22O6S2. The molecule has 12 aromatic rings. The predicted molar refractivity (Wildman–Crippen MR) is 436 cm³/mol. The van der Waals surface area contributed by atoms with Gasteiger partial charge >= 0.3 is 0 Å². The number of carbonyl (C=O) groups is 2. The van der Waals surface area contributed by atoms with E-state index < -0.39 is 0 Å². The number of aromatic amines is 3. The van der Waals surface area contributed by atoms with Crippen LogP contribution < -0.4 is 26.4 Å². The van der Waals surface area contributed by atoms with Crippen LogP contribution in [0.4, 0.5) is 11.6 Å². The summed E-state index contributed by atoms with van der Waals surface area (Å²) in [5.74, 6) is 2.97. The van der Waals surface area contributed by atoms with E-state index in [2.05, 4.69) is 94.7 Å². The van der Waals surface area contributed by atoms with Gasteiger partial charge in [-0.25, -0.2) is 43.8 Å². The number of hydrogen-bond acceptors (Lipinski definition) is 21. The molecule has 0 unspecified atom stereocenters. The number of hydrogen-bond donors (Lipinski definition) is 3. The zero-order valence-corrected chi connectivity index (χ0v) is 65.1. The molecule has 0 saturated carbocycles. The van der Waals surface area contributed by atoms with E-state index >= 15 is 0 Å². The molecule has 0 bridgehead atoms. The maximum Gasteiger partial charge on any atom is 0.282 e. The average Bonchev–Trinajstić information content (AvgIpc) is 1.60. The number of aryl methyl sites for hydroxylation is 5. The zero-order valence-electron chi connectivity index (χ0n) is 63.5. The molecular weight excluding hydrogens is 1440 g/mol. The number of anilines is 2. The summed E-state index contributed by atoms with van der Waals surface area (Å²) in [4.78, 5) is 79.1. The van der Waals surface area contributed by atoms with Gasteiger partial charge in [0.05, 0.1) is 52.6 Å². The summed E-state index contributed by atoms with van der Waals surface area (Å²) in [6, 6.07) is 21.6. The van der Waals surface area contributed by atoms with E-state index in [0.717, 1.165) is 129 Å². The number of ether oxygens (including phenoxy) is 2. The Morgan fingerprint density at radius 2 is 0.991 bits per heavy atom. The number of nitrogens with one attached hydrogen (secondary N) is 3. The third-order valence-corrected chi connectivity index (χ3v) is 19.8. The number of hydrazone groups is 2. The zero-order chi connectivity index (χ0) is 77.9. The van der Waals surface area contributed by atoms with Crippen molar-refractivity contribution in [3.63, 3.8) is 0 Å². The fourth-order valence-corrected chi connectivity index (χ4v) is 13.6. The molecule has 3 N–H and O–H groups in total. The van der Waals surface area contributed by atoms with Crippen LogP contribution in [0.1, 0.15) is 130 Å². The van der Waals surface area contributed by atoms with Crippen LogP contribution in [0.5, 0.6) is 0 Å². The summed E-state index contributed by atoms with van der Waals surface area (Å²) in [5.41, 5.74) is 12.9. The topological polar surface area (TPSA) is 326 Å². The Balaban J connectivity index is 0.000000155. The Hall–Kier alpha value is -12.5. The molecule has 568 valence electrons. The third-order valence-electron chi connectivity index (χ3n) is 17.9. The number of H-pyrrole nitrogens is 3. The molecule has 28 nitrogen and oxygen atoms in total. The van der Waals surface area contributed by atoms with Gasteiger partial charge in [-0.15, -0.1) is 43.1 Å². The molecule has 14 rings (SSSR count). The lowest BCUT2D eigenvalue weighted by molar-refractivity contribution is -0.115. The largest absolute Gasteiger partial charge is 0.384 e. The number of unbranched alkanes of at least 4 members (excludes halogenated alkanes) is 4. The van der Waals surface area contributed by atoms with E-state index in [-0.39, 0.29) is 22.9 Å². The highest BCUT2D eigenvalue weighted by Crippen LogP contribution is 2.29. The van der Waals surface area contributed by atoms with Crippen molar-refractivity contribution in [1.82, 2.24) is 89.1 Å². The Bertz CT molecular complexity index is 5740. The van der Waals surface area contributed by atoms with Crippen LogP contribution in [0.25, 0.3) is 68.9 Å². The second-order valence-electron chi connectivity index (χ2n) is 26.1. The second kappa shape index (κ2) is 37.1. The van der Waals surface area contributed by atoms with Gasteiger partial charge in [0.1, 0.15) is 0 Å². The minimum atomic E-state index is -0.256. The molecule has 0 radical (unpaired) electrons. The first-order valence-electron chi connectivity index (χ1n) is 36.5. The first-order chi connectivity index (χ1) is 54.0. The van der Waals surface area contributed by atoms with Gasteiger partial charge in [-0.2, -0.15) is 29.8 Å². The Morgan fingerprint density at radius 3 is 1.49 bits per heavy atom. The van der Waals surface area contributed by atoms with Gasteiger partial charge in [-0.3, -0.25) is 34.5 Å². The molecule has 2 amide bonds. The maximum absolute atomic E-state index is 13.3. The summed E-state index contributed by atoms with van der Waals surface area (Å²) >= 11 is 3.09. The lowest BCUT2D eigenvalue weighted by Gasteiger charge is -2.09. The number of fused-ring (bicyclic) bond motifs is 2. The fraction of sp³-hybridized carbons (Fsp3) is 0.272. The second-order valence-corrected chi connectivity index (χ2v) is 27.8. The van der Waals surface area contributed by atoms with Crippen LogP contribution in [0.3, 0.4) is 0 Å². The van der Waals surface area contributed by atoms with Crippen LogP contribution in [-0.2, 0) is 31.9 Å². The van der Waals surface area contributed by atoms with Crippen molar-refractivity contribution in [3.8, 4) is 33.3 Å². The Kier molecular flexibility index (Phi) is 26.1. The number of thiazole rings is 2. The van der Waals surface area contributed by atoms with Crippen LogP contribution >= 0.6 is 22.7 Å². The first-order valence-corrected chi connectivity index (χ1v) is 38.3. The van der Waals surface area contributed by atoms with Crippen molar-refractivity contribution in [3.05, 3.63) is 250 Å². The molecule has 14 heterocycles. The number of rotatable bonds is 28. The smallest absolute Gasteiger partial charge is 0.282 e. The summed E-state index contributed by atoms with van der Waals surface area (Å²) in [6.45, 7) is 17.0. The molecule has 2 aliphatic rings. The van der Waals surface area contributed by atoms with Gasteiger partial charge in [0.25, 0.3) is 22.9 Å². The maximum atomic E-state index is 13.3. The molecule has 0 fully saturated rings. The van der Waals surface area contributed by atoms with Crippen LogP contribution in [-0.4, -0.2) is 140 Å². The van der Waals surface area contributed by atoms with Crippen LogP contribution in [0.15, 0.2) is 193 Å². The third kappa shape index (κ3) is 18.5. The highest BCUT2D eigenvalue weighted by molar-refractivity contribution is 7.13. The van der Waals surface area contributed by atoms with Crippen molar-refractivity contribution < 1.29 is 19.1 Å². The minimum absolute atomic E-state index is 0.130. The molecule has 0 atom stereocenters. The van der Waals surface area contributed by atoms with Gasteiger partial charge in [-0.05, 0) is 152 Å². The first kappa shape index (κ1) is 78.1. The lowest BCUT2D eigenvalue weighted by atomic mass is 10.0. The standard InChI is InChI=1S/C32H38N6O2.C28H30N6O4.C21H18N10S2/c1-4-6-8-14-27-25(31(39)37(35-27)29-16-10-12-22-33-29)20-18-24(3)19-21-26-28(15-9-7-5-2)36-38(32(26)40)30-17-11-13-23-34-30;1-20(10-12-21-23(14-18-37-2)31-33(27(21)35)25-8-4-6-16-29-25)11-13-22-24(15-19-38-3)32-34(28(22)36)26-9-5-7-17-30-26;1-10-8-32-20(22-10)18-26-24-16-14(12(3)28-30(16)18)6-5-7-15-13(4)29-31-17(15)25-27-19(31)21-23-11(2)9-33-21/h10-13,16-23,35H,4-9,14-15H2,1-3H3;4-13,16-17,31H,14-15,18-19H2,1-3H3;5-9,28H,1-4H3/b20-18+,24-19+,26-21?;;. The van der Waals surface area contributed by atoms with Gasteiger partial charge < -0.3 is 9.47 Å². The minimum Gasteiger partial charge on any atom is -0.384 e. The monoisotopic (exact) mass is 1530 g/mol. The molecule has 0 saturated heterocycles. The highest BCUT2D eigenvalue weighted by atomic mass is 32.1. The van der Waals surface area contributed by atoms with Gasteiger partial charge in [-0.1, -0.05) is 105 Å². The number of allylic oxidation sites excluding steroid dienone is 9. The average molecular weight is 1530 g/mol. The number of carbonyl (C=O) groups excluding carboxylic acids is 2. The van der Waals surface area contributed by atoms with Gasteiger partial charge in [0.2, 0.25) is 11.6 Å². The normalized spacial score (nSPS) is 14.5. The molecule has 30 heteroatoms. The lowest BCUT2D eigenvalue weighted by Crippen LogP contribution is -2.22. The summed E-state index contributed by atoms with van der Waals surface area (Å²) < 4.78 is 17.0. The molecule has 0 spiro atoms. The van der Waals surface area contributed by atoms with Crippen LogP contribution in [0, 0.1) is 27.7 Å². The molecule has 0 aromatic carbocycles. The predicted octanol–water partition coefficient (Wildman–Crippen LogP) is 13.2. The number of aromatic nitrogens is 18. The van der Waals surface area contributed by atoms with Crippen molar-refractivity contribution in [2.45, 2.75) is 120 Å². The van der Waals surface area contributed by atoms with E-state index in [0.29, 0.717) is 94.6 Å². The number of amides is 2. The van der Waals surface area contributed by atoms with E-state index in [4.69, 9.17) is 9.47 Å². The van der Waals surface area contributed by atoms with Gasteiger partial charge in [0.15, 0.2) is 44.6 Å². The molecule has 111 heavy (non-hydrogen) atoms. The fourth-order valence-electron chi connectivity index (χ4n) is 12.1. The SMILES string of the molecule is CCCCCC1=NN(c2ccccn2)C(=O)C1=C/C=C(C)/C=C/c1c(CCCCC)[nH]n(-c2ccccn2)c1=O.COCCC1=NN(c2ccccn2)C(=O)C1=CC=C(C)C=Cc1c(CCOC)[nH]n(-c2ccccn2)c1=O.Cc1csc(-c2nnc3c(=CC=Cc4c(C)[nH]n5c(-c6nc(C)cs6)nnc45)c(C)nn23)n1. The van der Waals surface area contributed by atoms with Crippen molar-refractivity contribution in [1.29, 1.82) is 0 Å². The number of methoxy groups -OCH3 is 2. The Morgan fingerprint density at radius 1 is 0.514 bits per heavy atom. The van der Waals surface area contributed by atoms with E-state index in [9.17, 15) is 19.2 Å². The number of pyridine rings is 4. The highest BCUT2D eigenvalue weighted by Gasteiger charge is 2.33. The number of nitrogens with zero attached hydrogens (tertiary/aromatic N) is 19. The van der Waals surface area contributed by atoms with Crippen molar-refractivity contribution in [2.75, 3.05) is 37.5 Å². The van der Waals surface area contributed by atoms with E-state index in [1.807, 2.05) is 148 Å².